The number of rotatable bonds is 3. The molecule has 0 aromatic heterocycles. The van der Waals surface area contributed by atoms with Crippen molar-refractivity contribution < 1.29 is 14.3 Å². The molecule has 1 aromatic rings. The van der Waals surface area contributed by atoms with Crippen molar-refractivity contribution in [2.45, 2.75) is 25.2 Å². The third-order valence-corrected chi connectivity index (χ3v) is 3.62. The SMILES string of the molecule is Bc1ccc(C2(C(=O)OCC)CCOCC2)cc1. The fourth-order valence-electron chi connectivity index (χ4n) is 2.47. The Morgan fingerprint density at radius 1 is 1.33 bits per heavy atom. The van der Waals surface area contributed by atoms with E-state index in [2.05, 4.69) is 0 Å². The first-order valence-electron chi connectivity index (χ1n) is 6.51. The zero-order valence-corrected chi connectivity index (χ0v) is 11.1. The summed E-state index contributed by atoms with van der Waals surface area (Å²) in [5.41, 5.74) is 1.74. The highest BCUT2D eigenvalue weighted by Crippen LogP contribution is 2.35. The molecule has 3 nitrogen and oxygen atoms in total. The Morgan fingerprint density at radius 2 is 1.94 bits per heavy atom. The van der Waals surface area contributed by atoms with Gasteiger partial charge in [-0.1, -0.05) is 29.7 Å². The lowest BCUT2D eigenvalue weighted by Crippen LogP contribution is -2.42. The molecule has 18 heavy (non-hydrogen) atoms. The van der Waals surface area contributed by atoms with E-state index in [1.807, 2.05) is 39.0 Å². The maximum absolute atomic E-state index is 12.3. The Bertz CT molecular complexity index is 408. The average molecular weight is 246 g/mol. The monoisotopic (exact) mass is 246 g/mol. The zero-order chi connectivity index (χ0) is 13.0. The van der Waals surface area contributed by atoms with Crippen LogP contribution in [-0.4, -0.2) is 33.6 Å². The minimum Gasteiger partial charge on any atom is -0.465 e. The summed E-state index contributed by atoms with van der Waals surface area (Å²) in [5.74, 6) is -0.114. The molecule has 0 radical (unpaired) electrons. The van der Waals surface area contributed by atoms with E-state index in [0.29, 0.717) is 32.7 Å². The largest absolute Gasteiger partial charge is 0.465 e. The van der Waals surface area contributed by atoms with Gasteiger partial charge in [0.15, 0.2) is 0 Å². The van der Waals surface area contributed by atoms with Crippen LogP contribution in [0, 0.1) is 0 Å². The number of ether oxygens (including phenoxy) is 2. The quantitative estimate of drug-likeness (QED) is 0.577. The molecular formula is C14H19BO3. The number of hydrogen-bond donors (Lipinski definition) is 0. The first-order valence-corrected chi connectivity index (χ1v) is 6.51. The van der Waals surface area contributed by atoms with Crippen LogP contribution in [0.1, 0.15) is 25.3 Å². The second-order valence-corrected chi connectivity index (χ2v) is 4.78. The lowest BCUT2D eigenvalue weighted by atomic mass is 9.73. The standard InChI is InChI=1S/C14H19BO3/c1-2-18-13(16)14(7-9-17-10-8-14)11-3-5-12(15)6-4-11/h3-6H,2,7-10,15H2,1H3. The van der Waals surface area contributed by atoms with E-state index in [1.165, 1.54) is 5.46 Å². The van der Waals surface area contributed by atoms with Gasteiger partial charge < -0.3 is 9.47 Å². The predicted octanol–water partition coefficient (Wildman–Crippen LogP) is 0.556. The van der Waals surface area contributed by atoms with Gasteiger partial charge in [0.25, 0.3) is 0 Å². The maximum Gasteiger partial charge on any atom is 0.316 e. The number of carbonyl (C=O) groups is 1. The van der Waals surface area contributed by atoms with Crippen molar-refractivity contribution in [3.63, 3.8) is 0 Å². The van der Waals surface area contributed by atoms with E-state index >= 15 is 0 Å². The number of carbonyl (C=O) groups excluding carboxylic acids is 1. The van der Waals surface area contributed by atoms with Gasteiger partial charge in [-0.3, -0.25) is 4.79 Å². The van der Waals surface area contributed by atoms with Crippen LogP contribution in [0.25, 0.3) is 0 Å². The van der Waals surface area contributed by atoms with Crippen LogP contribution < -0.4 is 5.46 Å². The summed E-state index contributed by atoms with van der Waals surface area (Å²) in [6, 6.07) is 8.17. The predicted molar refractivity (Wildman–Crippen MR) is 73.0 cm³/mol. The average Bonchev–Trinajstić information content (AvgIpc) is 2.40. The Morgan fingerprint density at radius 3 is 2.50 bits per heavy atom. The van der Waals surface area contributed by atoms with Crippen molar-refractivity contribution in [1.29, 1.82) is 0 Å². The molecule has 4 heteroatoms. The van der Waals surface area contributed by atoms with Crippen LogP contribution in [0.15, 0.2) is 24.3 Å². The molecule has 1 fully saturated rings. The summed E-state index contributed by atoms with van der Waals surface area (Å²) in [6.45, 7) is 3.51. The maximum atomic E-state index is 12.3. The fraction of sp³-hybridized carbons (Fsp3) is 0.500. The Hall–Kier alpha value is -1.29. The Balaban J connectivity index is 2.34. The van der Waals surface area contributed by atoms with E-state index in [4.69, 9.17) is 9.47 Å². The number of hydrogen-bond acceptors (Lipinski definition) is 3. The van der Waals surface area contributed by atoms with Gasteiger partial charge >= 0.3 is 5.97 Å². The summed E-state index contributed by atoms with van der Waals surface area (Å²) in [7, 11) is 2.05. The molecule has 0 bridgehead atoms. The minimum absolute atomic E-state index is 0.114. The van der Waals surface area contributed by atoms with Crippen molar-refractivity contribution >= 4 is 19.3 Å². The minimum atomic E-state index is -0.512. The molecule has 0 saturated carbocycles. The Labute approximate surface area is 109 Å². The van der Waals surface area contributed by atoms with E-state index in [1.54, 1.807) is 0 Å². The molecule has 0 amide bonds. The second kappa shape index (κ2) is 5.57. The highest BCUT2D eigenvalue weighted by molar-refractivity contribution is 6.32. The fourth-order valence-corrected chi connectivity index (χ4v) is 2.47. The second-order valence-electron chi connectivity index (χ2n) is 4.78. The van der Waals surface area contributed by atoms with Crippen LogP contribution in [0.3, 0.4) is 0 Å². The third kappa shape index (κ3) is 2.44. The lowest BCUT2D eigenvalue weighted by Gasteiger charge is -2.35. The van der Waals surface area contributed by atoms with E-state index in [0.717, 1.165) is 5.56 Å². The van der Waals surface area contributed by atoms with Crippen LogP contribution in [0.4, 0.5) is 0 Å². The van der Waals surface area contributed by atoms with Crippen molar-refractivity contribution in [3.8, 4) is 0 Å². The first-order chi connectivity index (χ1) is 8.69. The number of benzene rings is 1. The van der Waals surface area contributed by atoms with Gasteiger partial charge in [-0.25, -0.2) is 0 Å². The highest BCUT2D eigenvalue weighted by atomic mass is 16.5. The van der Waals surface area contributed by atoms with Crippen molar-refractivity contribution in [2.24, 2.45) is 0 Å². The molecule has 1 aliphatic heterocycles. The van der Waals surface area contributed by atoms with Crippen LogP contribution in [0.2, 0.25) is 0 Å². The highest BCUT2D eigenvalue weighted by Gasteiger charge is 2.42. The van der Waals surface area contributed by atoms with Crippen molar-refractivity contribution in [1.82, 2.24) is 0 Å². The molecule has 1 aliphatic rings. The van der Waals surface area contributed by atoms with Crippen LogP contribution in [0.5, 0.6) is 0 Å². The molecule has 0 N–H and O–H groups in total. The van der Waals surface area contributed by atoms with Gasteiger partial charge in [-0.15, -0.1) is 0 Å². The third-order valence-electron chi connectivity index (χ3n) is 3.62. The molecule has 0 spiro atoms. The summed E-state index contributed by atoms with van der Waals surface area (Å²) in [4.78, 5) is 12.3. The Kier molecular flexibility index (Phi) is 4.07. The molecular weight excluding hydrogens is 227 g/mol. The lowest BCUT2D eigenvalue weighted by molar-refractivity contribution is -0.154. The van der Waals surface area contributed by atoms with Gasteiger partial charge in [-0.05, 0) is 25.3 Å². The molecule has 1 aromatic carbocycles. The number of esters is 1. The van der Waals surface area contributed by atoms with Gasteiger partial charge in [0, 0.05) is 13.2 Å². The van der Waals surface area contributed by atoms with E-state index in [9.17, 15) is 4.79 Å². The molecule has 2 rings (SSSR count). The molecule has 1 saturated heterocycles. The zero-order valence-electron chi connectivity index (χ0n) is 11.1. The molecule has 0 aliphatic carbocycles. The normalized spacial score (nSPS) is 18.3. The van der Waals surface area contributed by atoms with Crippen molar-refractivity contribution in [2.75, 3.05) is 19.8 Å². The van der Waals surface area contributed by atoms with Crippen molar-refractivity contribution in [3.05, 3.63) is 29.8 Å². The molecule has 1 heterocycles. The van der Waals surface area contributed by atoms with E-state index in [-0.39, 0.29) is 5.97 Å². The van der Waals surface area contributed by atoms with E-state index < -0.39 is 5.41 Å². The topological polar surface area (TPSA) is 35.5 Å². The van der Waals surface area contributed by atoms with Gasteiger partial charge in [0.2, 0.25) is 0 Å². The first kappa shape index (κ1) is 13.2. The molecule has 96 valence electrons. The smallest absolute Gasteiger partial charge is 0.316 e. The summed E-state index contributed by atoms with van der Waals surface area (Å²) in [5, 5.41) is 0. The van der Waals surface area contributed by atoms with Gasteiger partial charge in [0.05, 0.1) is 12.0 Å². The van der Waals surface area contributed by atoms with Gasteiger partial charge in [-0.2, -0.15) is 0 Å². The van der Waals surface area contributed by atoms with Crippen LogP contribution in [-0.2, 0) is 19.7 Å². The summed E-state index contributed by atoms with van der Waals surface area (Å²) >= 11 is 0. The summed E-state index contributed by atoms with van der Waals surface area (Å²) in [6.07, 6.45) is 1.41. The van der Waals surface area contributed by atoms with Gasteiger partial charge in [0.1, 0.15) is 7.85 Å². The summed E-state index contributed by atoms with van der Waals surface area (Å²) < 4.78 is 10.7. The van der Waals surface area contributed by atoms with Crippen LogP contribution >= 0.6 is 0 Å². The molecule has 0 atom stereocenters. The molecule has 0 unspecified atom stereocenters.